The summed E-state index contributed by atoms with van der Waals surface area (Å²) in [5.74, 6) is 0.664. The number of carbonyl (C=O) groups excluding carboxylic acids is 2. The van der Waals surface area contributed by atoms with Gasteiger partial charge in [0.2, 0.25) is 0 Å². The van der Waals surface area contributed by atoms with Crippen LogP contribution in [0.15, 0.2) is 60.9 Å². The van der Waals surface area contributed by atoms with Gasteiger partial charge in [-0.3, -0.25) is 10.1 Å². The molecule has 35 heavy (non-hydrogen) atoms. The van der Waals surface area contributed by atoms with Crippen LogP contribution in [0.5, 0.6) is 5.75 Å². The molecule has 0 atom stereocenters. The quantitative estimate of drug-likeness (QED) is 0.412. The normalized spacial score (nSPS) is 13.1. The number of ether oxygens (including phenoxy) is 2. The minimum atomic E-state index is -0.620. The largest absolute Gasteiger partial charge is 0.496 e. The van der Waals surface area contributed by atoms with Crippen LogP contribution in [0.1, 0.15) is 23.2 Å². The summed E-state index contributed by atoms with van der Waals surface area (Å²) in [4.78, 5) is 34.9. The standard InChI is InChI=1S/C27H26N4O4/c1-34-24-8-4-3-7-19(24)22-16-29-25-20(22)14-18(15-28-25)17-9-10-23(30-27(33)35-2)21(13-17)26(32)31-11-5-6-12-31/h3-4,7-10,13-16H,5-6,11-12H2,1-2H3,(H,28,29)(H,30,33). The zero-order valence-electron chi connectivity index (χ0n) is 19.6. The number of hydrogen-bond acceptors (Lipinski definition) is 5. The molecule has 0 radical (unpaired) electrons. The number of anilines is 1. The van der Waals surface area contributed by atoms with Crippen molar-refractivity contribution in [3.8, 4) is 28.0 Å². The van der Waals surface area contributed by atoms with Gasteiger partial charge in [0.25, 0.3) is 5.91 Å². The van der Waals surface area contributed by atoms with Crippen molar-refractivity contribution in [2.45, 2.75) is 12.8 Å². The first-order chi connectivity index (χ1) is 17.1. The number of aromatic amines is 1. The summed E-state index contributed by atoms with van der Waals surface area (Å²) < 4.78 is 10.3. The number of likely N-dealkylation sites (tertiary alicyclic amines) is 1. The molecule has 0 bridgehead atoms. The number of hydrogen-bond donors (Lipinski definition) is 2. The van der Waals surface area contributed by atoms with E-state index in [9.17, 15) is 9.59 Å². The van der Waals surface area contributed by atoms with Crippen LogP contribution in [0.25, 0.3) is 33.3 Å². The number of aromatic nitrogens is 2. The molecule has 1 fully saturated rings. The Balaban J connectivity index is 1.59. The smallest absolute Gasteiger partial charge is 0.411 e. The van der Waals surface area contributed by atoms with E-state index in [1.165, 1.54) is 7.11 Å². The van der Waals surface area contributed by atoms with Crippen LogP contribution < -0.4 is 10.1 Å². The SMILES string of the molecule is COC(=O)Nc1ccc(-c2cnc3[nH]cc(-c4ccccc4OC)c3c2)cc1C(=O)N1CCCC1. The van der Waals surface area contributed by atoms with Gasteiger partial charge in [-0.25, -0.2) is 9.78 Å². The average molecular weight is 471 g/mol. The Morgan fingerprint density at radius 1 is 1.00 bits per heavy atom. The van der Waals surface area contributed by atoms with Crippen LogP contribution in [0.4, 0.5) is 10.5 Å². The fourth-order valence-electron chi connectivity index (χ4n) is 4.51. The fraction of sp³-hybridized carbons (Fsp3) is 0.222. The number of benzene rings is 2. The second kappa shape index (κ2) is 9.50. The average Bonchev–Trinajstić information content (AvgIpc) is 3.58. The van der Waals surface area contributed by atoms with Crippen molar-refractivity contribution in [1.29, 1.82) is 0 Å². The Morgan fingerprint density at radius 3 is 2.57 bits per heavy atom. The first-order valence-electron chi connectivity index (χ1n) is 11.5. The lowest BCUT2D eigenvalue weighted by Gasteiger charge is -2.19. The molecule has 0 spiro atoms. The summed E-state index contributed by atoms with van der Waals surface area (Å²) in [6, 6.07) is 15.3. The van der Waals surface area contributed by atoms with Crippen molar-refractivity contribution >= 4 is 28.7 Å². The summed E-state index contributed by atoms with van der Waals surface area (Å²) >= 11 is 0. The zero-order chi connectivity index (χ0) is 24.4. The lowest BCUT2D eigenvalue weighted by atomic mass is 9.99. The predicted octanol–water partition coefficient (Wildman–Crippen LogP) is 5.32. The number of pyridine rings is 1. The Morgan fingerprint density at radius 2 is 1.80 bits per heavy atom. The minimum Gasteiger partial charge on any atom is -0.496 e. The van der Waals surface area contributed by atoms with Crippen molar-refractivity contribution in [2.24, 2.45) is 0 Å². The van der Waals surface area contributed by atoms with Gasteiger partial charge in [0, 0.05) is 47.6 Å². The van der Waals surface area contributed by atoms with Crippen molar-refractivity contribution in [1.82, 2.24) is 14.9 Å². The third kappa shape index (κ3) is 4.30. The number of nitrogens with zero attached hydrogens (tertiary/aromatic N) is 2. The molecule has 3 heterocycles. The summed E-state index contributed by atoms with van der Waals surface area (Å²) in [5.41, 5.74) is 5.22. The molecule has 0 unspecified atom stereocenters. The Hall–Kier alpha value is -4.33. The maximum Gasteiger partial charge on any atom is 0.411 e. The molecule has 8 heteroatoms. The Bertz CT molecular complexity index is 1410. The number of fused-ring (bicyclic) bond motifs is 1. The number of carbonyl (C=O) groups is 2. The van der Waals surface area contributed by atoms with E-state index in [-0.39, 0.29) is 5.91 Å². The number of amides is 2. The molecule has 2 aromatic carbocycles. The molecule has 1 aliphatic heterocycles. The molecule has 178 valence electrons. The molecule has 2 amide bonds. The van der Waals surface area contributed by atoms with E-state index in [0.717, 1.165) is 51.9 Å². The highest BCUT2D eigenvalue weighted by molar-refractivity contribution is 6.04. The first-order valence-corrected chi connectivity index (χ1v) is 11.5. The second-order valence-corrected chi connectivity index (χ2v) is 8.40. The predicted molar refractivity (Wildman–Crippen MR) is 135 cm³/mol. The lowest BCUT2D eigenvalue weighted by molar-refractivity contribution is 0.0794. The van der Waals surface area contributed by atoms with Gasteiger partial charge in [0.15, 0.2) is 0 Å². The van der Waals surface area contributed by atoms with Crippen LogP contribution >= 0.6 is 0 Å². The zero-order valence-corrected chi connectivity index (χ0v) is 19.6. The number of para-hydroxylation sites is 1. The number of nitrogens with one attached hydrogen (secondary N) is 2. The fourth-order valence-corrected chi connectivity index (χ4v) is 4.51. The van der Waals surface area contributed by atoms with Gasteiger partial charge in [-0.05, 0) is 42.7 Å². The van der Waals surface area contributed by atoms with Gasteiger partial charge >= 0.3 is 6.09 Å². The molecule has 2 aromatic heterocycles. The highest BCUT2D eigenvalue weighted by atomic mass is 16.5. The van der Waals surface area contributed by atoms with E-state index in [1.54, 1.807) is 19.4 Å². The van der Waals surface area contributed by atoms with E-state index in [4.69, 9.17) is 9.47 Å². The first kappa shape index (κ1) is 22.5. The van der Waals surface area contributed by atoms with Crippen molar-refractivity contribution in [2.75, 3.05) is 32.6 Å². The van der Waals surface area contributed by atoms with Crippen LogP contribution in [-0.2, 0) is 4.74 Å². The molecule has 0 saturated carbocycles. The third-order valence-electron chi connectivity index (χ3n) is 6.33. The maximum atomic E-state index is 13.3. The van der Waals surface area contributed by atoms with E-state index < -0.39 is 6.09 Å². The van der Waals surface area contributed by atoms with Gasteiger partial charge in [0.1, 0.15) is 11.4 Å². The lowest BCUT2D eigenvalue weighted by Crippen LogP contribution is -2.29. The van der Waals surface area contributed by atoms with Crippen LogP contribution in [0.3, 0.4) is 0 Å². The summed E-state index contributed by atoms with van der Waals surface area (Å²) in [6.07, 6.45) is 5.03. The summed E-state index contributed by atoms with van der Waals surface area (Å²) in [7, 11) is 2.95. The van der Waals surface area contributed by atoms with Crippen LogP contribution in [0, 0.1) is 0 Å². The van der Waals surface area contributed by atoms with E-state index >= 15 is 0 Å². The van der Waals surface area contributed by atoms with Crippen molar-refractivity contribution in [3.05, 3.63) is 66.5 Å². The molecule has 4 aromatic rings. The summed E-state index contributed by atoms with van der Waals surface area (Å²) in [5, 5.41) is 3.61. The molecule has 1 aliphatic rings. The topological polar surface area (TPSA) is 96.5 Å². The van der Waals surface area contributed by atoms with Gasteiger partial charge < -0.3 is 19.4 Å². The summed E-state index contributed by atoms with van der Waals surface area (Å²) in [6.45, 7) is 1.42. The number of methoxy groups -OCH3 is 2. The van der Waals surface area contributed by atoms with Gasteiger partial charge in [0.05, 0.1) is 25.5 Å². The van der Waals surface area contributed by atoms with Gasteiger partial charge in [-0.15, -0.1) is 0 Å². The van der Waals surface area contributed by atoms with Crippen LogP contribution in [-0.4, -0.2) is 54.2 Å². The van der Waals surface area contributed by atoms with E-state index in [0.29, 0.717) is 24.3 Å². The monoisotopic (exact) mass is 470 g/mol. The minimum absolute atomic E-state index is 0.110. The highest BCUT2D eigenvalue weighted by Gasteiger charge is 2.23. The Kier molecular flexibility index (Phi) is 6.10. The van der Waals surface area contributed by atoms with Crippen LogP contribution in [0.2, 0.25) is 0 Å². The molecular formula is C27H26N4O4. The third-order valence-corrected chi connectivity index (χ3v) is 6.33. The van der Waals surface area contributed by atoms with Crippen molar-refractivity contribution < 1.29 is 19.1 Å². The molecule has 0 aliphatic carbocycles. The molecule has 2 N–H and O–H groups in total. The molecule has 8 nitrogen and oxygen atoms in total. The molecular weight excluding hydrogens is 444 g/mol. The van der Waals surface area contributed by atoms with E-state index in [2.05, 4.69) is 15.3 Å². The van der Waals surface area contributed by atoms with Gasteiger partial charge in [-0.2, -0.15) is 0 Å². The van der Waals surface area contributed by atoms with Gasteiger partial charge in [-0.1, -0.05) is 24.3 Å². The van der Waals surface area contributed by atoms with Crippen molar-refractivity contribution in [3.63, 3.8) is 0 Å². The highest BCUT2D eigenvalue weighted by Crippen LogP contribution is 2.36. The second-order valence-electron chi connectivity index (χ2n) is 8.40. The maximum absolute atomic E-state index is 13.3. The number of rotatable bonds is 5. The van der Waals surface area contributed by atoms with E-state index in [1.807, 2.05) is 53.6 Å². The molecule has 1 saturated heterocycles. The molecule has 5 rings (SSSR count). The number of H-pyrrole nitrogens is 1. The Labute approximate surface area is 202 Å².